The number of aliphatic hydroxyl groups is 1. The van der Waals surface area contributed by atoms with Crippen molar-refractivity contribution in [2.75, 3.05) is 28.4 Å². The molecule has 2 N–H and O–H groups in total. The third-order valence-corrected chi connectivity index (χ3v) is 6.82. The Hall–Kier alpha value is -3.39. The third kappa shape index (κ3) is 4.50. The maximum Gasteiger partial charge on any atom is 0.338 e. The van der Waals surface area contributed by atoms with E-state index in [1.165, 1.54) is 34.5 Å². The molecule has 0 bridgehead atoms. The van der Waals surface area contributed by atoms with Gasteiger partial charge in [-0.15, -0.1) is 0 Å². The summed E-state index contributed by atoms with van der Waals surface area (Å²) in [5, 5.41) is 22.1. The molecule has 3 rings (SSSR count). The van der Waals surface area contributed by atoms with Crippen molar-refractivity contribution < 1.29 is 38.7 Å². The molecule has 0 spiro atoms. The van der Waals surface area contributed by atoms with E-state index in [0.717, 1.165) is 5.56 Å². The molecule has 0 radical (unpaired) electrons. The minimum Gasteiger partial charge on any atom is -0.504 e. The monoisotopic (exact) mass is 486 g/mol. The number of ether oxygens (including phenoxy) is 5. The number of carbonyl (C=O) groups excluding carboxylic acids is 1. The summed E-state index contributed by atoms with van der Waals surface area (Å²) in [5.74, 6) is 0.200. The molecule has 35 heavy (non-hydrogen) atoms. The van der Waals surface area contributed by atoms with Crippen LogP contribution < -0.4 is 23.7 Å². The molecular weight excluding hydrogens is 452 g/mol. The number of phenols is 1. The SMILES string of the molecule is CC=C(C)C(=O)Oc1c(OC)c(OC)cc2c1-c1c(cc(O)c(OC)c1OC)[C@H](O)[C@H](C)[C@@H](C)C2. The highest BCUT2D eigenvalue weighted by atomic mass is 16.6. The van der Waals surface area contributed by atoms with Crippen LogP contribution in [-0.2, 0) is 11.2 Å². The fraction of sp³-hybridized carbons (Fsp3) is 0.444. The smallest absolute Gasteiger partial charge is 0.338 e. The van der Waals surface area contributed by atoms with Gasteiger partial charge in [-0.1, -0.05) is 19.9 Å². The summed E-state index contributed by atoms with van der Waals surface area (Å²) in [7, 11) is 5.84. The molecule has 2 aromatic rings. The average Bonchev–Trinajstić information content (AvgIpc) is 2.85. The number of esters is 1. The van der Waals surface area contributed by atoms with Crippen LogP contribution in [0.25, 0.3) is 11.1 Å². The molecule has 0 amide bonds. The van der Waals surface area contributed by atoms with Gasteiger partial charge < -0.3 is 33.9 Å². The minimum atomic E-state index is -0.937. The van der Waals surface area contributed by atoms with Crippen LogP contribution in [0.15, 0.2) is 23.8 Å². The Kier molecular flexibility index (Phi) is 7.85. The van der Waals surface area contributed by atoms with Crippen LogP contribution in [0.4, 0.5) is 0 Å². The number of rotatable bonds is 6. The number of phenolic OH excluding ortho intramolecular Hbond substituents is 1. The van der Waals surface area contributed by atoms with E-state index in [-0.39, 0.29) is 40.6 Å². The Morgan fingerprint density at radius 1 is 0.943 bits per heavy atom. The summed E-state index contributed by atoms with van der Waals surface area (Å²) in [6, 6.07) is 3.32. The lowest BCUT2D eigenvalue weighted by atomic mass is 9.76. The largest absolute Gasteiger partial charge is 0.504 e. The van der Waals surface area contributed by atoms with Crippen molar-refractivity contribution in [3.8, 4) is 45.6 Å². The molecule has 1 aliphatic carbocycles. The van der Waals surface area contributed by atoms with Gasteiger partial charge in [-0.2, -0.15) is 0 Å². The fourth-order valence-electron chi connectivity index (χ4n) is 4.49. The molecule has 8 heteroatoms. The quantitative estimate of drug-likeness (QED) is 0.340. The van der Waals surface area contributed by atoms with Gasteiger partial charge in [0.25, 0.3) is 0 Å². The first-order valence-corrected chi connectivity index (χ1v) is 11.4. The molecular formula is C27H34O8. The first-order chi connectivity index (χ1) is 16.6. The molecule has 0 aromatic heterocycles. The summed E-state index contributed by atoms with van der Waals surface area (Å²) in [6.45, 7) is 7.39. The number of hydrogen-bond donors (Lipinski definition) is 2. The number of fused-ring (bicyclic) bond motifs is 3. The molecule has 0 saturated heterocycles. The van der Waals surface area contributed by atoms with Crippen molar-refractivity contribution >= 4 is 5.97 Å². The van der Waals surface area contributed by atoms with Crippen molar-refractivity contribution in [2.45, 2.75) is 40.2 Å². The summed E-state index contributed by atoms with van der Waals surface area (Å²) < 4.78 is 28.4. The number of aromatic hydroxyl groups is 1. The summed E-state index contributed by atoms with van der Waals surface area (Å²) in [6.07, 6.45) is 1.27. The number of carbonyl (C=O) groups is 1. The van der Waals surface area contributed by atoms with Gasteiger partial charge in [-0.25, -0.2) is 4.79 Å². The lowest BCUT2D eigenvalue weighted by Gasteiger charge is -2.33. The van der Waals surface area contributed by atoms with E-state index < -0.39 is 12.1 Å². The predicted molar refractivity (Wildman–Crippen MR) is 132 cm³/mol. The van der Waals surface area contributed by atoms with Crippen LogP contribution in [0.2, 0.25) is 0 Å². The van der Waals surface area contributed by atoms with E-state index in [0.29, 0.717) is 34.4 Å². The number of hydrogen-bond acceptors (Lipinski definition) is 8. The first kappa shape index (κ1) is 26.2. The van der Waals surface area contributed by atoms with Crippen LogP contribution in [0.5, 0.6) is 34.5 Å². The molecule has 2 aromatic carbocycles. The summed E-state index contributed by atoms with van der Waals surface area (Å²) >= 11 is 0. The van der Waals surface area contributed by atoms with Crippen LogP contribution in [0, 0.1) is 11.8 Å². The summed E-state index contributed by atoms with van der Waals surface area (Å²) in [5.41, 5.74) is 2.59. The highest BCUT2D eigenvalue weighted by molar-refractivity contribution is 5.94. The second-order valence-electron chi connectivity index (χ2n) is 8.75. The first-order valence-electron chi connectivity index (χ1n) is 11.4. The average molecular weight is 487 g/mol. The van der Waals surface area contributed by atoms with E-state index in [9.17, 15) is 15.0 Å². The predicted octanol–water partition coefficient (Wildman–Crippen LogP) is 4.83. The van der Waals surface area contributed by atoms with Gasteiger partial charge in [0, 0.05) is 16.7 Å². The number of aliphatic hydroxyl groups excluding tert-OH is 1. The maximum atomic E-state index is 12.9. The molecule has 0 unspecified atom stereocenters. The molecule has 0 heterocycles. The Bertz CT molecular complexity index is 1150. The number of allylic oxidation sites excluding steroid dienone is 1. The van der Waals surface area contributed by atoms with Crippen molar-refractivity contribution in [3.05, 3.63) is 34.9 Å². The number of benzene rings is 2. The molecule has 1 aliphatic rings. The van der Waals surface area contributed by atoms with Crippen LogP contribution in [0.1, 0.15) is 44.9 Å². The zero-order chi connectivity index (χ0) is 26.0. The van der Waals surface area contributed by atoms with Gasteiger partial charge in [-0.05, 0) is 55.4 Å². The van der Waals surface area contributed by atoms with Gasteiger partial charge in [0.15, 0.2) is 23.0 Å². The Labute approximate surface area is 206 Å². The van der Waals surface area contributed by atoms with Crippen LogP contribution in [-0.4, -0.2) is 44.6 Å². The lowest BCUT2D eigenvalue weighted by molar-refractivity contribution is -0.130. The van der Waals surface area contributed by atoms with Gasteiger partial charge in [0.2, 0.25) is 11.5 Å². The van der Waals surface area contributed by atoms with Crippen molar-refractivity contribution in [3.63, 3.8) is 0 Å². The van der Waals surface area contributed by atoms with E-state index >= 15 is 0 Å². The second-order valence-corrected chi connectivity index (χ2v) is 8.75. The van der Waals surface area contributed by atoms with E-state index in [4.69, 9.17) is 23.7 Å². The molecule has 0 aliphatic heterocycles. The Morgan fingerprint density at radius 3 is 2.11 bits per heavy atom. The molecule has 0 fully saturated rings. The van der Waals surface area contributed by atoms with Crippen molar-refractivity contribution in [1.82, 2.24) is 0 Å². The normalized spacial score (nSPS) is 19.6. The third-order valence-electron chi connectivity index (χ3n) is 6.82. The van der Waals surface area contributed by atoms with E-state index in [1.807, 2.05) is 19.9 Å². The Balaban J connectivity index is 2.56. The molecule has 190 valence electrons. The van der Waals surface area contributed by atoms with Gasteiger partial charge in [0.05, 0.1) is 34.5 Å². The van der Waals surface area contributed by atoms with E-state index in [1.54, 1.807) is 19.9 Å². The topological polar surface area (TPSA) is 104 Å². The van der Waals surface area contributed by atoms with Gasteiger partial charge in [0.1, 0.15) is 0 Å². The Morgan fingerprint density at radius 2 is 1.57 bits per heavy atom. The van der Waals surface area contributed by atoms with Gasteiger partial charge in [-0.3, -0.25) is 0 Å². The standard InChI is InChI=1S/C27H34O8/c1-9-13(2)27(30)35-26-20-16(11-19(31-5)24(26)33-7)10-14(3)15(4)22(29)17-12-18(28)23(32-6)25(34-8)21(17)20/h9,11-12,14-15,22,28-29H,10H2,1-8H3/t14-,15+,22+/m0/s1. The number of methoxy groups -OCH3 is 4. The van der Waals surface area contributed by atoms with Gasteiger partial charge >= 0.3 is 5.97 Å². The summed E-state index contributed by atoms with van der Waals surface area (Å²) in [4.78, 5) is 12.9. The van der Waals surface area contributed by atoms with Crippen molar-refractivity contribution in [2.24, 2.45) is 11.8 Å². The van der Waals surface area contributed by atoms with Crippen molar-refractivity contribution in [1.29, 1.82) is 0 Å². The minimum absolute atomic E-state index is 0.0334. The maximum absolute atomic E-state index is 12.9. The second kappa shape index (κ2) is 10.5. The highest BCUT2D eigenvalue weighted by Crippen LogP contribution is 2.57. The lowest BCUT2D eigenvalue weighted by Crippen LogP contribution is -2.23. The molecule has 3 atom stereocenters. The van der Waals surface area contributed by atoms with Crippen LogP contribution >= 0.6 is 0 Å². The van der Waals surface area contributed by atoms with Crippen LogP contribution in [0.3, 0.4) is 0 Å². The molecule has 0 saturated carbocycles. The zero-order valence-electron chi connectivity index (χ0n) is 21.5. The zero-order valence-corrected chi connectivity index (χ0v) is 21.5. The van der Waals surface area contributed by atoms with E-state index in [2.05, 4.69) is 0 Å². The molecule has 8 nitrogen and oxygen atoms in total. The highest BCUT2D eigenvalue weighted by Gasteiger charge is 2.37. The fourth-order valence-corrected chi connectivity index (χ4v) is 4.49.